The van der Waals surface area contributed by atoms with E-state index in [2.05, 4.69) is 33.0 Å². The van der Waals surface area contributed by atoms with Gasteiger partial charge in [0.05, 0.1) is 0 Å². The zero-order chi connectivity index (χ0) is 10.7. The molecule has 0 saturated carbocycles. The van der Waals surface area contributed by atoms with Crippen molar-refractivity contribution in [2.75, 3.05) is 5.33 Å². The van der Waals surface area contributed by atoms with E-state index >= 15 is 0 Å². The van der Waals surface area contributed by atoms with Gasteiger partial charge in [-0.1, -0.05) is 51.8 Å². The van der Waals surface area contributed by atoms with Crippen molar-refractivity contribution in [3.63, 3.8) is 0 Å². The summed E-state index contributed by atoms with van der Waals surface area (Å²) in [5, 5.41) is 3.81. The standard InChI is InChI=1S/C12H11BrClN/c13-7-3-5-10-8-9-4-1-2-6-11(9)12(14)15-10/h1-2,4,6,8H,3,5,7H2. The Morgan fingerprint density at radius 2 is 2.07 bits per heavy atom. The second-order valence-corrected chi connectivity index (χ2v) is 4.57. The van der Waals surface area contributed by atoms with E-state index < -0.39 is 0 Å². The van der Waals surface area contributed by atoms with Crippen LogP contribution in [-0.2, 0) is 6.42 Å². The highest BCUT2D eigenvalue weighted by Gasteiger charge is 2.02. The highest BCUT2D eigenvalue weighted by Crippen LogP contribution is 2.22. The Bertz CT molecular complexity index is 470. The van der Waals surface area contributed by atoms with E-state index in [9.17, 15) is 0 Å². The zero-order valence-electron chi connectivity index (χ0n) is 8.21. The monoisotopic (exact) mass is 283 g/mol. The third-order valence-corrected chi connectivity index (χ3v) is 3.16. The summed E-state index contributed by atoms with van der Waals surface area (Å²) in [5.41, 5.74) is 1.07. The number of nitrogens with zero attached hydrogens (tertiary/aromatic N) is 1. The maximum atomic E-state index is 6.12. The van der Waals surface area contributed by atoms with E-state index in [4.69, 9.17) is 11.6 Å². The van der Waals surface area contributed by atoms with Crippen LogP contribution in [-0.4, -0.2) is 10.3 Å². The lowest BCUT2D eigenvalue weighted by Crippen LogP contribution is -1.92. The van der Waals surface area contributed by atoms with E-state index in [1.165, 1.54) is 5.39 Å². The number of pyridine rings is 1. The van der Waals surface area contributed by atoms with Crippen LogP contribution in [0, 0.1) is 0 Å². The van der Waals surface area contributed by atoms with E-state index in [0.29, 0.717) is 5.15 Å². The lowest BCUT2D eigenvalue weighted by molar-refractivity contribution is 0.900. The average Bonchev–Trinajstić information content (AvgIpc) is 2.26. The summed E-state index contributed by atoms with van der Waals surface area (Å²) in [6, 6.07) is 10.2. The minimum atomic E-state index is 0.609. The minimum Gasteiger partial charge on any atom is -0.240 e. The number of benzene rings is 1. The number of fused-ring (bicyclic) bond motifs is 1. The second kappa shape index (κ2) is 4.95. The molecule has 1 aromatic heterocycles. The first-order valence-corrected chi connectivity index (χ1v) is 6.41. The van der Waals surface area contributed by atoms with Crippen molar-refractivity contribution in [2.45, 2.75) is 12.8 Å². The molecule has 2 aromatic rings. The largest absolute Gasteiger partial charge is 0.240 e. The predicted octanol–water partition coefficient (Wildman–Crippen LogP) is 4.22. The fourth-order valence-corrected chi connectivity index (χ4v) is 2.15. The van der Waals surface area contributed by atoms with Gasteiger partial charge in [-0.3, -0.25) is 0 Å². The fraction of sp³-hybridized carbons (Fsp3) is 0.250. The molecule has 0 unspecified atom stereocenters. The third kappa shape index (κ3) is 2.50. The summed E-state index contributed by atoms with van der Waals surface area (Å²) in [6.07, 6.45) is 2.05. The summed E-state index contributed by atoms with van der Waals surface area (Å²) < 4.78 is 0. The molecule has 0 aliphatic heterocycles. The maximum absolute atomic E-state index is 6.12. The number of aromatic nitrogens is 1. The zero-order valence-corrected chi connectivity index (χ0v) is 10.6. The summed E-state index contributed by atoms with van der Waals surface area (Å²) in [5.74, 6) is 0. The molecule has 0 spiro atoms. The van der Waals surface area contributed by atoms with Gasteiger partial charge in [0.25, 0.3) is 0 Å². The van der Waals surface area contributed by atoms with Gasteiger partial charge in [-0.05, 0) is 24.3 Å². The van der Waals surface area contributed by atoms with E-state index in [1.54, 1.807) is 0 Å². The van der Waals surface area contributed by atoms with E-state index in [1.807, 2.05) is 18.2 Å². The van der Waals surface area contributed by atoms with Gasteiger partial charge < -0.3 is 0 Å². The lowest BCUT2D eigenvalue weighted by atomic mass is 10.1. The highest BCUT2D eigenvalue weighted by atomic mass is 79.9. The summed E-state index contributed by atoms with van der Waals surface area (Å²) in [6.45, 7) is 0. The van der Waals surface area contributed by atoms with Gasteiger partial charge in [-0.15, -0.1) is 0 Å². The van der Waals surface area contributed by atoms with Crippen molar-refractivity contribution in [1.29, 1.82) is 0 Å². The Labute approximate surface area is 103 Å². The third-order valence-electron chi connectivity index (χ3n) is 2.31. The lowest BCUT2D eigenvalue weighted by Gasteiger charge is -2.04. The predicted molar refractivity (Wildman–Crippen MR) is 68.9 cm³/mol. The van der Waals surface area contributed by atoms with Crippen molar-refractivity contribution in [1.82, 2.24) is 4.98 Å². The average molecular weight is 285 g/mol. The number of rotatable bonds is 3. The topological polar surface area (TPSA) is 12.9 Å². The van der Waals surface area contributed by atoms with E-state index in [-0.39, 0.29) is 0 Å². The molecule has 0 N–H and O–H groups in total. The Morgan fingerprint density at radius 1 is 1.27 bits per heavy atom. The van der Waals surface area contributed by atoms with Crippen LogP contribution in [0.4, 0.5) is 0 Å². The van der Waals surface area contributed by atoms with Crippen molar-refractivity contribution in [2.24, 2.45) is 0 Å². The Kier molecular flexibility index (Phi) is 3.60. The molecule has 0 atom stereocenters. The number of hydrogen-bond donors (Lipinski definition) is 0. The molecule has 0 aliphatic rings. The summed E-state index contributed by atoms with van der Waals surface area (Å²) in [4.78, 5) is 4.38. The van der Waals surface area contributed by atoms with Gasteiger partial charge in [-0.2, -0.15) is 0 Å². The molecule has 0 radical (unpaired) electrons. The van der Waals surface area contributed by atoms with Gasteiger partial charge >= 0.3 is 0 Å². The molecule has 2 rings (SSSR count). The molecule has 1 heterocycles. The van der Waals surface area contributed by atoms with Crippen LogP contribution < -0.4 is 0 Å². The van der Waals surface area contributed by atoms with Crippen molar-refractivity contribution >= 4 is 38.3 Å². The smallest absolute Gasteiger partial charge is 0.137 e. The molecule has 0 fully saturated rings. The molecule has 1 aromatic carbocycles. The number of hydrogen-bond acceptors (Lipinski definition) is 1. The molecule has 15 heavy (non-hydrogen) atoms. The first kappa shape index (κ1) is 10.9. The van der Waals surface area contributed by atoms with Crippen LogP contribution in [0.2, 0.25) is 5.15 Å². The van der Waals surface area contributed by atoms with Crippen LogP contribution in [0.3, 0.4) is 0 Å². The summed E-state index contributed by atoms with van der Waals surface area (Å²) in [7, 11) is 0. The normalized spacial score (nSPS) is 10.8. The van der Waals surface area contributed by atoms with E-state index in [0.717, 1.165) is 29.3 Å². The van der Waals surface area contributed by atoms with Crippen molar-refractivity contribution in [3.05, 3.63) is 41.2 Å². The highest BCUT2D eigenvalue weighted by molar-refractivity contribution is 9.09. The molecule has 0 amide bonds. The van der Waals surface area contributed by atoms with Crippen LogP contribution in [0.25, 0.3) is 10.8 Å². The molecule has 0 bridgehead atoms. The number of aryl methyl sites for hydroxylation is 1. The Morgan fingerprint density at radius 3 is 2.87 bits per heavy atom. The minimum absolute atomic E-state index is 0.609. The van der Waals surface area contributed by atoms with Crippen LogP contribution >= 0.6 is 27.5 Å². The SMILES string of the molecule is Clc1nc(CCCBr)cc2ccccc12. The van der Waals surface area contributed by atoms with Gasteiger partial charge in [-0.25, -0.2) is 4.98 Å². The van der Waals surface area contributed by atoms with Crippen LogP contribution in [0.1, 0.15) is 12.1 Å². The quantitative estimate of drug-likeness (QED) is 0.607. The van der Waals surface area contributed by atoms with Crippen LogP contribution in [0.5, 0.6) is 0 Å². The van der Waals surface area contributed by atoms with Gasteiger partial charge in [0.15, 0.2) is 0 Å². The van der Waals surface area contributed by atoms with Gasteiger partial charge in [0.2, 0.25) is 0 Å². The Hall–Kier alpha value is -0.600. The molecule has 0 aliphatic carbocycles. The number of halogens is 2. The van der Waals surface area contributed by atoms with Crippen molar-refractivity contribution in [3.8, 4) is 0 Å². The molecule has 3 heteroatoms. The fourth-order valence-electron chi connectivity index (χ4n) is 1.58. The van der Waals surface area contributed by atoms with Crippen molar-refractivity contribution < 1.29 is 0 Å². The molecular formula is C12H11BrClN. The van der Waals surface area contributed by atoms with Crippen LogP contribution in [0.15, 0.2) is 30.3 Å². The molecule has 78 valence electrons. The molecule has 0 saturated heterocycles. The van der Waals surface area contributed by atoms with Gasteiger partial charge in [0, 0.05) is 16.4 Å². The summed E-state index contributed by atoms with van der Waals surface area (Å²) >= 11 is 9.53. The first-order chi connectivity index (χ1) is 7.31. The first-order valence-electron chi connectivity index (χ1n) is 4.91. The Balaban J connectivity index is 2.43. The van der Waals surface area contributed by atoms with Gasteiger partial charge in [0.1, 0.15) is 5.15 Å². The second-order valence-electron chi connectivity index (χ2n) is 3.42. The molecule has 1 nitrogen and oxygen atoms in total. The number of alkyl halides is 1. The maximum Gasteiger partial charge on any atom is 0.137 e. The molecular weight excluding hydrogens is 273 g/mol.